The molecule has 1 unspecified atom stereocenters. The lowest BCUT2D eigenvalue weighted by Gasteiger charge is -2.35. The van der Waals surface area contributed by atoms with E-state index in [1.807, 2.05) is 0 Å². The topological polar surface area (TPSA) is 72.2 Å². The zero-order chi connectivity index (χ0) is 15.8. The van der Waals surface area contributed by atoms with Gasteiger partial charge < -0.3 is 5.73 Å². The molecule has 1 aromatic rings. The van der Waals surface area contributed by atoms with Gasteiger partial charge in [-0.3, -0.25) is 0 Å². The Kier molecular flexibility index (Phi) is 4.66. The number of anilines is 1. The molecule has 0 aliphatic heterocycles. The SMILES string of the molecule is CC1(C)CCCC(NS(=O)(=O)c2cc(N)c(Br)cc2F)C1. The Balaban J connectivity index is 2.25. The van der Waals surface area contributed by atoms with Crippen molar-refractivity contribution in [1.29, 1.82) is 0 Å². The Hall–Kier alpha value is -0.660. The van der Waals surface area contributed by atoms with E-state index in [-0.39, 0.29) is 17.1 Å². The summed E-state index contributed by atoms with van der Waals surface area (Å²) in [5, 5.41) is 0. The van der Waals surface area contributed by atoms with Crippen LogP contribution in [0.5, 0.6) is 0 Å². The van der Waals surface area contributed by atoms with Crippen LogP contribution in [0.4, 0.5) is 10.1 Å². The van der Waals surface area contributed by atoms with Crippen molar-refractivity contribution >= 4 is 31.6 Å². The van der Waals surface area contributed by atoms with Gasteiger partial charge in [-0.05, 0) is 52.7 Å². The summed E-state index contributed by atoms with van der Waals surface area (Å²) in [5.74, 6) is -0.807. The minimum atomic E-state index is -3.91. The Morgan fingerprint density at radius 1 is 1.43 bits per heavy atom. The van der Waals surface area contributed by atoms with E-state index in [9.17, 15) is 12.8 Å². The quantitative estimate of drug-likeness (QED) is 0.791. The van der Waals surface area contributed by atoms with Crippen LogP contribution < -0.4 is 10.5 Å². The van der Waals surface area contributed by atoms with E-state index < -0.39 is 20.7 Å². The van der Waals surface area contributed by atoms with E-state index >= 15 is 0 Å². The van der Waals surface area contributed by atoms with Crippen LogP contribution in [0.15, 0.2) is 21.5 Å². The van der Waals surface area contributed by atoms with Crippen LogP contribution in [0.3, 0.4) is 0 Å². The number of nitrogen functional groups attached to an aromatic ring is 1. The van der Waals surface area contributed by atoms with Gasteiger partial charge in [-0.1, -0.05) is 20.3 Å². The van der Waals surface area contributed by atoms with Crippen LogP contribution in [-0.4, -0.2) is 14.5 Å². The third kappa shape index (κ3) is 3.96. The Morgan fingerprint density at radius 2 is 2.10 bits per heavy atom. The molecule has 118 valence electrons. The van der Waals surface area contributed by atoms with E-state index in [1.54, 1.807) is 0 Å². The van der Waals surface area contributed by atoms with Gasteiger partial charge in [-0.15, -0.1) is 0 Å². The van der Waals surface area contributed by atoms with Gasteiger partial charge in [0.05, 0.1) is 0 Å². The molecule has 1 atom stereocenters. The van der Waals surface area contributed by atoms with Gasteiger partial charge >= 0.3 is 0 Å². The van der Waals surface area contributed by atoms with Crippen molar-refractivity contribution in [3.8, 4) is 0 Å². The molecule has 1 aliphatic rings. The molecule has 1 aromatic carbocycles. The van der Waals surface area contributed by atoms with Crippen molar-refractivity contribution in [2.45, 2.75) is 50.5 Å². The van der Waals surface area contributed by atoms with Gasteiger partial charge in [0.25, 0.3) is 0 Å². The van der Waals surface area contributed by atoms with E-state index in [1.165, 1.54) is 0 Å². The molecule has 4 nitrogen and oxygen atoms in total. The van der Waals surface area contributed by atoms with E-state index in [2.05, 4.69) is 34.5 Å². The second-order valence-electron chi connectivity index (χ2n) is 6.38. The average Bonchev–Trinajstić information content (AvgIpc) is 2.31. The summed E-state index contributed by atoms with van der Waals surface area (Å²) >= 11 is 3.08. The Labute approximate surface area is 133 Å². The zero-order valence-electron chi connectivity index (χ0n) is 12.1. The van der Waals surface area contributed by atoms with Gasteiger partial charge in [-0.25, -0.2) is 17.5 Å². The summed E-state index contributed by atoms with van der Waals surface area (Å²) in [5.41, 5.74) is 5.95. The predicted molar refractivity (Wildman–Crippen MR) is 84.9 cm³/mol. The minimum Gasteiger partial charge on any atom is -0.398 e. The third-order valence-electron chi connectivity index (χ3n) is 3.87. The number of sulfonamides is 1. The molecule has 7 heteroatoms. The van der Waals surface area contributed by atoms with Crippen LogP contribution in [-0.2, 0) is 10.0 Å². The molecular formula is C14H20BrFN2O2S. The molecule has 1 fully saturated rings. The van der Waals surface area contributed by atoms with E-state index in [0.717, 1.165) is 37.8 Å². The van der Waals surface area contributed by atoms with Crippen molar-refractivity contribution in [3.05, 3.63) is 22.4 Å². The molecule has 0 bridgehead atoms. The largest absolute Gasteiger partial charge is 0.398 e. The number of hydrogen-bond donors (Lipinski definition) is 2. The lowest BCUT2D eigenvalue weighted by atomic mass is 9.75. The number of halogens is 2. The van der Waals surface area contributed by atoms with Crippen molar-refractivity contribution in [2.75, 3.05) is 5.73 Å². The lowest BCUT2D eigenvalue weighted by Crippen LogP contribution is -2.40. The summed E-state index contributed by atoms with van der Waals surface area (Å²) in [6.45, 7) is 4.23. The zero-order valence-corrected chi connectivity index (χ0v) is 14.5. The number of hydrogen-bond acceptors (Lipinski definition) is 3. The first-order valence-corrected chi connectivity index (χ1v) is 9.15. The molecular weight excluding hydrogens is 359 g/mol. The summed E-state index contributed by atoms with van der Waals surface area (Å²) in [4.78, 5) is -0.397. The third-order valence-corrected chi connectivity index (χ3v) is 6.09. The highest BCUT2D eigenvalue weighted by molar-refractivity contribution is 9.10. The Bertz CT molecular complexity index is 647. The molecule has 1 saturated carbocycles. The molecule has 1 aliphatic carbocycles. The van der Waals surface area contributed by atoms with E-state index in [4.69, 9.17) is 5.73 Å². The highest BCUT2D eigenvalue weighted by Crippen LogP contribution is 2.36. The van der Waals surface area contributed by atoms with Crippen LogP contribution in [0.1, 0.15) is 39.5 Å². The number of benzene rings is 1. The molecule has 0 spiro atoms. The maximum absolute atomic E-state index is 13.9. The smallest absolute Gasteiger partial charge is 0.243 e. The fraction of sp³-hybridized carbons (Fsp3) is 0.571. The van der Waals surface area contributed by atoms with Crippen LogP contribution >= 0.6 is 15.9 Å². The van der Waals surface area contributed by atoms with Gasteiger partial charge in [0.2, 0.25) is 10.0 Å². The predicted octanol–water partition coefficient (Wildman–Crippen LogP) is 3.42. The molecule has 0 aromatic heterocycles. The van der Waals surface area contributed by atoms with Crippen LogP contribution in [0.25, 0.3) is 0 Å². The molecule has 0 heterocycles. The highest BCUT2D eigenvalue weighted by Gasteiger charge is 2.31. The average molecular weight is 379 g/mol. The molecule has 21 heavy (non-hydrogen) atoms. The first-order valence-electron chi connectivity index (χ1n) is 6.88. The molecule has 2 rings (SSSR count). The molecule has 3 N–H and O–H groups in total. The van der Waals surface area contributed by atoms with Gasteiger partial charge in [0, 0.05) is 16.2 Å². The summed E-state index contributed by atoms with van der Waals surface area (Å²) in [6, 6.07) is 2.06. The van der Waals surface area contributed by atoms with Crippen molar-refractivity contribution in [2.24, 2.45) is 5.41 Å². The normalized spacial score (nSPS) is 22.2. The number of rotatable bonds is 3. The second-order valence-corrected chi connectivity index (χ2v) is 8.92. The summed E-state index contributed by atoms with van der Waals surface area (Å²) in [7, 11) is -3.91. The van der Waals surface area contributed by atoms with Crippen molar-refractivity contribution in [3.63, 3.8) is 0 Å². The van der Waals surface area contributed by atoms with Crippen LogP contribution in [0, 0.1) is 11.2 Å². The first-order chi connectivity index (χ1) is 9.61. The van der Waals surface area contributed by atoms with Crippen molar-refractivity contribution < 1.29 is 12.8 Å². The summed E-state index contributed by atoms with van der Waals surface area (Å²) in [6.07, 6.45) is 3.56. The Morgan fingerprint density at radius 3 is 2.71 bits per heavy atom. The minimum absolute atomic E-state index is 0.0999. The van der Waals surface area contributed by atoms with Gasteiger partial charge in [0.1, 0.15) is 10.7 Å². The summed E-state index contributed by atoms with van der Waals surface area (Å²) < 4.78 is 41.6. The van der Waals surface area contributed by atoms with Gasteiger partial charge in [-0.2, -0.15) is 0 Å². The lowest BCUT2D eigenvalue weighted by molar-refractivity contribution is 0.212. The fourth-order valence-electron chi connectivity index (χ4n) is 2.83. The number of nitrogens with two attached hydrogens (primary N) is 1. The molecule has 0 amide bonds. The monoisotopic (exact) mass is 378 g/mol. The first kappa shape index (κ1) is 16.7. The maximum atomic E-state index is 13.9. The standard InChI is InChI=1S/C14H20BrFN2O2S/c1-14(2)5-3-4-9(8-14)18-21(19,20)13-7-12(17)10(15)6-11(13)16/h6-7,9,18H,3-5,8,17H2,1-2H3. The van der Waals surface area contributed by atoms with Crippen molar-refractivity contribution in [1.82, 2.24) is 4.72 Å². The van der Waals surface area contributed by atoms with Crippen LogP contribution in [0.2, 0.25) is 0 Å². The van der Waals surface area contributed by atoms with Gasteiger partial charge in [0.15, 0.2) is 0 Å². The molecule has 0 saturated heterocycles. The molecule has 0 radical (unpaired) electrons. The fourth-order valence-corrected chi connectivity index (χ4v) is 4.51. The maximum Gasteiger partial charge on any atom is 0.243 e. The highest BCUT2D eigenvalue weighted by atomic mass is 79.9. The number of nitrogens with one attached hydrogen (secondary N) is 1. The second kappa shape index (κ2) is 5.85. The van der Waals surface area contributed by atoms with E-state index in [0.29, 0.717) is 4.47 Å².